The molecule has 0 bridgehead atoms. The van der Waals surface area contributed by atoms with Gasteiger partial charge in [0.25, 0.3) is 0 Å². The van der Waals surface area contributed by atoms with Gasteiger partial charge in [0.05, 0.1) is 0 Å². The Morgan fingerprint density at radius 1 is 1.31 bits per heavy atom. The molecule has 1 heteroatoms. The van der Waals surface area contributed by atoms with E-state index in [2.05, 4.69) is 27.4 Å². The van der Waals surface area contributed by atoms with Gasteiger partial charge in [-0.2, -0.15) is 0 Å². The lowest BCUT2D eigenvalue weighted by atomic mass is 9.60. The largest absolute Gasteiger partial charge is 0.396 e. The van der Waals surface area contributed by atoms with Gasteiger partial charge in [0.1, 0.15) is 0 Å². The van der Waals surface area contributed by atoms with Crippen LogP contribution in [0.2, 0.25) is 0 Å². The standard InChI is InChI=1S/C12H22O/c1-10-11(2,3)6-5-7-12(10,4)8-9-13/h13H,1,5-9H2,2-4H3/t12-/m1/s1. The van der Waals surface area contributed by atoms with Crippen LogP contribution >= 0.6 is 0 Å². The fraction of sp³-hybridized carbons (Fsp3) is 0.833. The molecule has 1 fully saturated rings. The van der Waals surface area contributed by atoms with Crippen molar-refractivity contribution in [1.29, 1.82) is 0 Å². The van der Waals surface area contributed by atoms with Crippen molar-refractivity contribution in [2.75, 3.05) is 6.61 Å². The van der Waals surface area contributed by atoms with Crippen LogP contribution in [0.1, 0.15) is 46.5 Å². The van der Waals surface area contributed by atoms with E-state index in [1.807, 2.05) is 0 Å². The van der Waals surface area contributed by atoms with Crippen molar-refractivity contribution in [3.8, 4) is 0 Å². The molecule has 1 aliphatic carbocycles. The molecule has 0 aromatic heterocycles. The van der Waals surface area contributed by atoms with E-state index in [1.54, 1.807) is 0 Å². The van der Waals surface area contributed by atoms with Gasteiger partial charge < -0.3 is 5.11 Å². The van der Waals surface area contributed by atoms with Crippen LogP contribution in [0.4, 0.5) is 0 Å². The summed E-state index contributed by atoms with van der Waals surface area (Å²) in [6, 6.07) is 0. The first-order valence-corrected chi connectivity index (χ1v) is 5.23. The van der Waals surface area contributed by atoms with Gasteiger partial charge in [0.2, 0.25) is 0 Å². The molecule has 1 rings (SSSR count). The van der Waals surface area contributed by atoms with Crippen molar-refractivity contribution in [3.63, 3.8) is 0 Å². The molecule has 0 amide bonds. The zero-order valence-electron chi connectivity index (χ0n) is 9.19. The molecule has 0 spiro atoms. The van der Waals surface area contributed by atoms with E-state index in [0.29, 0.717) is 0 Å². The van der Waals surface area contributed by atoms with Crippen molar-refractivity contribution < 1.29 is 5.11 Å². The normalized spacial score (nSPS) is 33.4. The van der Waals surface area contributed by atoms with Crippen molar-refractivity contribution >= 4 is 0 Å². The van der Waals surface area contributed by atoms with Gasteiger partial charge in [0, 0.05) is 6.61 Å². The average molecular weight is 182 g/mol. The van der Waals surface area contributed by atoms with Crippen LogP contribution in [-0.2, 0) is 0 Å². The molecule has 76 valence electrons. The highest BCUT2D eigenvalue weighted by Crippen LogP contribution is 2.51. The van der Waals surface area contributed by atoms with Crippen molar-refractivity contribution in [2.45, 2.75) is 46.5 Å². The number of allylic oxidation sites excluding steroid dienone is 1. The van der Waals surface area contributed by atoms with E-state index in [9.17, 15) is 0 Å². The first-order chi connectivity index (χ1) is 5.92. The molecule has 0 aromatic carbocycles. The van der Waals surface area contributed by atoms with E-state index in [4.69, 9.17) is 5.11 Å². The molecule has 1 saturated carbocycles. The monoisotopic (exact) mass is 182 g/mol. The molecule has 0 radical (unpaired) electrons. The maximum atomic E-state index is 9.03. The predicted molar refractivity (Wildman–Crippen MR) is 56.6 cm³/mol. The molecule has 0 aromatic rings. The maximum Gasteiger partial charge on any atom is 0.0439 e. The van der Waals surface area contributed by atoms with E-state index < -0.39 is 0 Å². The predicted octanol–water partition coefficient (Wildman–Crippen LogP) is 3.14. The van der Waals surface area contributed by atoms with E-state index >= 15 is 0 Å². The minimum absolute atomic E-state index is 0.177. The number of rotatable bonds is 2. The minimum Gasteiger partial charge on any atom is -0.396 e. The average Bonchev–Trinajstić information content (AvgIpc) is 2.01. The Bertz CT molecular complexity index is 201. The van der Waals surface area contributed by atoms with Crippen molar-refractivity contribution in [1.82, 2.24) is 0 Å². The second-order valence-corrected chi connectivity index (χ2v) is 5.25. The van der Waals surface area contributed by atoms with Crippen LogP contribution in [0.25, 0.3) is 0 Å². The van der Waals surface area contributed by atoms with Crippen LogP contribution in [0.3, 0.4) is 0 Å². The molecular weight excluding hydrogens is 160 g/mol. The first kappa shape index (κ1) is 10.8. The van der Waals surface area contributed by atoms with E-state index in [-0.39, 0.29) is 17.4 Å². The highest BCUT2D eigenvalue weighted by Gasteiger charge is 2.39. The summed E-state index contributed by atoms with van der Waals surface area (Å²) in [7, 11) is 0. The molecule has 1 nitrogen and oxygen atoms in total. The Balaban J connectivity index is 2.81. The fourth-order valence-electron chi connectivity index (χ4n) is 2.56. The van der Waals surface area contributed by atoms with Crippen LogP contribution < -0.4 is 0 Å². The number of hydrogen-bond acceptors (Lipinski definition) is 1. The van der Waals surface area contributed by atoms with Crippen molar-refractivity contribution in [2.24, 2.45) is 10.8 Å². The quantitative estimate of drug-likeness (QED) is 0.650. The molecule has 13 heavy (non-hydrogen) atoms. The topological polar surface area (TPSA) is 20.2 Å². The summed E-state index contributed by atoms with van der Waals surface area (Å²) < 4.78 is 0. The lowest BCUT2D eigenvalue weighted by molar-refractivity contribution is 0.150. The summed E-state index contributed by atoms with van der Waals surface area (Å²) >= 11 is 0. The van der Waals surface area contributed by atoms with Crippen LogP contribution in [0, 0.1) is 10.8 Å². The Morgan fingerprint density at radius 2 is 1.92 bits per heavy atom. The summed E-state index contributed by atoms with van der Waals surface area (Å²) in [5, 5.41) is 9.03. The number of aliphatic hydroxyl groups is 1. The highest BCUT2D eigenvalue weighted by atomic mass is 16.3. The summed E-state index contributed by atoms with van der Waals surface area (Å²) in [4.78, 5) is 0. The van der Waals surface area contributed by atoms with Gasteiger partial charge in [0.15, 0.2) is 0 Å². The lowest BCUT2D eigenvalue weighted by Crippen LogP contribution is -2.34. The highest BCUT2D eigenvalue weighted by molar-refractivity contribution is 5.19. The minimum atomic E-state index is 0.177. The van der Waals surface area contributed by atoms with Crippen LogP contribution in [0.15, 0.2) is 12.2 Å². The van der Waals surface area contributed by atoms with Crippen molar-refractivity contribution in [3.05, 3.63) is 12.2 Å². The Morgan fingerprint density at radius 3 is 2.46 bits per heavy atom. The smallest absolute Gasteiger partial charge is 0.0439 e. The van der Waals surface area contributed by atoms with E-state index in [0.717, 1.165) is 6.42 Å². The second kappa shape index (κ2) is 3.45. The molecule has 1 N–H and O–H groups in total. The molecule has 0 unspecified atom stereocenters. The third-order valence-corrected chi connectivity index (χ3v) is 3.74. The van der Waals surface area contributed by atoms with E-state index in [1.165, 1.54) is 24.8 Å². The van der Waals surface area contributed by atoms with Crippen LogP contribution in [0.5, 0.6) is 0 Å². The molecule has 0 heterocycles. The second-order valence-electron chi connectivity index (χ2n) is 5.25. The van der Waals surface area contributed by atoms with Gasteiger partial charge in [-0.05, 0) is 30.1 Å². The Kier molecular flexibility index (Phi) is 2.86. The summed E-state index contributed by atoms with van der Waals surface area (Å²) in [6.07, 6.45) is 4.57. The molecule has 0 aliphatic heterocycles. The Hall–Kier alpha value is -0.300. The van der Waals surface area contributed by atoms with Gasteiger partial charge >= 0.3 is 0 Å². The summed E-state index contributed by atoms with van der Waals surface area (Å²) in [5.41, 5.74) is 1.78. The third kappa shape index (κ3) is 1.96. The lowest BCUT2D eigenvalue weighted by Gasteiger charge is -2.45. The first-order valence-electron chi connectivity index (χ1n) is 5.23. The maximum absolute atomic E-state index is 9.03. The van der Waals surface area contributed by atoms with Crippen LogP contribution in [-0.4, -0.2) is 11.7 Å². The molecular formula is C12H22O. The summed E-state index contributed by atoms with van der Waals surface area (Å²) in [6.45, 7) is 11.3. The van der Waals surface area contributed by atoms with Gasteiger partial charge in [-0.1, -0.05) is 39.3 Å². The molecule has 1 atom stereocenters. The molecule has 0 saturated heterocycles. The van der Waals surface area contributed by atoms with Gasteiger partial charge in [-0.15, -0.1) is 0 Å². The summed E-state index contributed by atoms with van der Waals surface area (Å²) in [5.74, 6) is 0. The zero-order chi connectivity index (χ0) is 10.1. The fourth-order valence-corrected chi connectivity index (χ4v) is 2.56. The van der Waals surface area contributed by atoms with Gasteiger partial charge in [-0.3, -0.25) is 0 Å². The van der Waals surface area contributed by atoms with Gasteiger partial charge in [-0.25, -0.2) is 0 Å². The SMILES string of the molecule is C=C1C(C)(C)CCC[C@]1(C)CCO. The Labute approximate surface area is 81.9 Å². The third-order valence-electron chi connectivity index (χ3n) is 3.74. The number of hydrogen-bond donors (Lipinski definition) is 1. The number of aliphatic hydroxyl groups excluding tert-OH is 1. The zero-order valence-corrected chi connectivity index (χ0v) is 9.19. The molecule has 1 aliphatic rings.